The molecule has 1 fully saturated rings. The largest absolute Gasteiger partial charge is 0.366 e. The van der Waals surface area contributed by atoms with Crippen LogP contribution in [0.2, 0.25) is 0 Å². The lowest BCUT2D eigenvalue weighted by molar-refractivity contribution is -0.135. The number of piperidine rings is 1. The summed E-state index contributed by atoms with van der Waals surface area (Å²) >= 11 is 0. The number of rotatable bonds is 3. The SMILES string of the molecule is CC(C)C(=O)N1CCC[C@@H](c2nc3ccc(F)cc3cc2C(N)=O)C1. The first-order valence-electron chi connectivity index (χ1n) is 8.55. The average molecular weight is 343 g/mol. The number of hydrogen-bond acceptors (Lipinski definition) is 3. The second-order valence-corrected chi connectivity index (χ2v) is 6.90. The van der Waals surface area contributed by atoms with E-state index in [1.165, 1.54) is 12.1 Å². The maximum absolute atomic E-state index is 13.5. The number of amides is 2. The van der Waals surface area contributed by atoms with Gasteiger partial charge in [-0.2, -0.15) is 0 Å². The molecule has 2 amide bonds. The third-order valence-corrected chi connectivity index (χ3v) is 4.69. The summed E-state index contributed by atoms with van der Waals surface area (Å²) in [5.74, 6) is -0.978. The van der Waals surface area contributed by atoms with E-state index in [0.29, 0.717) is 28.7 Å². The summed E-state index contributed by atoms with van der Waals surface area (Å²) in [7, 11) is 0. The Morgan fingerprint density at radius 2 is 2.08 bits per heavy atom. The van der Waals surface area contributed by atoms with Crippen molar-refractivity contribution < 1.29 is 14.0 Å². The van der Waals surface area contributed by atoms with Crippen LogP contribution in [0.4, 0.5) is 4.39 Å². The number of nitrogens with zero attached hydrogens (tertiary/aromatic N) is 2. The highest BCUT2D eigenvalue weighted by Gasteiger charge is 2.29. The quantitative estimate of drug-likeness (QED) is 0.931. The molecule has 132 valence electrons. The molecule has 3 rings (SSSR count). The van der Waals surface area contributed by atoms with E-state index in [9.17, 15) is 14.0 Å². The van der Waals surface area contributed by atoms with Gasteiger partial charge in [-0.25, -0.2) is 4.39 Å². The Hall–Kier alpha value is -2.50. The first kappa shape index (κ1) is 17.3. The molecule has 1 atom stereocenters. The maximum atomic E-state index is 13.5. The van der Waals surface area contributed by atoms with Crippen molar-refractivity contribution in [1.82, 2.24) is 9.88 Å². The molecular formula is C19H22FN3O2. The zero-order valence-corrected chi connectivity index (χ0v) is 14.5. The minimum absolute atomic E-state index is 0.0478. The van der Waals surface area contributed by atoms with Gasteiger partial charge in [0.05, 0.1) is 16.8 Å². The smallest absolute Gasteiger partial charge is 0.250 e. The number of nitrogens with two attached hydrogens (primary N) is 1. The van der Waals surface area contributed by atoms with Gasteiger partial charge in [0.15, 0.2) is 0 Å². The third kappa shape index (κ3) is 3.48. The normalized spacial score (nSPS) is 17.9. The molecule has 2 N–H and O–H groups in total. The Balaban J connectivity index is 2.01. The van der Waals surface area contributed by atoms with Crippen LogP contribution in [0.25, 0.3) is 10.9 Å². The number of benzene rings is 1. The topological polar surface area (TPSA) is 76.3 Å². The van der Waals surface area contributed by atoms with Crippen LogP contribution >= 0.6 is 0 Å². The van der Waals surface area contributed by atoms with Crippen molar-refractivity contribution >= 4 is 22.7 Å². The van der Waals surface area contributed by atoms with Gasteiger partial charge < -0.3 is 10.6 Å². The minimum Gasteiger partial charge on any atom is -0.366 e. The van der Waals surface area contributed by atoms with Crippen LogP contribution in [0.3, 0.4) is 0 Å². The fourth-order valence-corrected chi connectivity index (χ4v) is 3.44. The summed E-state index contributed by atoms with van der Waals surface area (Å²) in [5.41, 5.74) is 7.07. The van der Waals surface area contributed by atoms with E-state index in [1.807, 2.05) is 18.7 Å². The number of fused-ring (bicyclic) bond motifs is 1. The van der Waals surface area contributed by atoms with Crippen LogP contribution < -0.4 is 5.73 Å². The van der Waals surface area contributed by atoms with Crippen LogP contribution in [0.1, 0.15) is 48.7 Å². The summed E-state index contributed by atoms with van der Waals surface area (Å²) < 4.78 is 13.5. The molecule has 0 bridgehead atoms. The molecule has 1 saturated heterocycles. The molecule has 0 radical (unpaired) electrons. The molecule has 0 aliphatic carbocycles. The van der Waals surface area contributed by atoms with Gasteiger partial charge in [0, 0.05) is 30.3 Å². The number of likely N-dealkylation sites (tertiary alicyclic amines) is 1. The zero-order valence-electron chi connectivity index (χ0n) is 14.5. The standard InChI is InChI=1S/C19H22FN3O2/c1-11(2)19(25)23-7-3-4-12(10-23)17-15(18(21)24)9-13-8-14(20)5-6-16(13)22-17/h5-6,8-9,11-12H,3-4,7,10H2,1-2H3,(H2,21,24)/t12-/m1/s1. The molecule has 5 nitrogen and oxygen atoms in total. The van der Waals surface area contributed by atoms with Crippen LogP contribution in [0.15, 0.2) is 24.3 Å². The molecule has 0 spiro atoms. The monoisotopic (exact) mass is 343 g/mol. The van der Waals surface area contributed by atoms with Crippen molar-refractivity contribution in [2.24, 2.45) is 11.7 Å². The summed E-state index contributed by atoms with van der Waals surface area (Å²) in [4.78, 5) is 30.7. The van der Waals surface area contributed by atoms with E-state index in [4.69, 9.17) is 5.73 Å². The Labute approximate surface area is 146 Å². The zero-order chi connectivity index (χ0) is 18.1. The highest BCUT2D eigenvalue weighted by Crippen LogP contribution is 2.30. The van der Waals surface area contributed by atoms with Gasteiger partial charge in [-0.15, -0.1) is 0 Å². The molecule has 0 unspecified atom stereocenters. The highest BCUT2D eigenvalue weighted by atomic mass is 19.1. The van der Waals surface area contributed by atoms with Crippen LogP contribution in [-0.2, 0) is 4.79 Å². The summed E-state index contributed by atoms with van der Waals surface area (Å²) in [6.07, 6.45) is 1.69. The molecule has 2 heterocycles. The van der Waals surface area contributed by atoms with Gasteiger partial charge in [-0.1, -0.05) is 13.8 Å². The maximum Gasteiger partial charge on any atom is 0.250 e. The first-order chi connectivity index (χ1) is 11.9. The summed E-state index contributed by atoms with van der Waals surface area (Å²) in [5, 5.41) is 0.545. The lowest BCUT2D eigenvalue weighted by atomic mass is 9.90. The lowest BCUT2D eigenvalue weighted by Crippen LogP contribution is -2.41. The Kier molecular flexibility index (Phi) is 4.70. The summed E-state index contributed by atoms with van der Waals surface area (Å²) in [6, 6.07) is 5.89. The number of carbonyl (C=O) groups is 2. The molecule has 1 aromatic carbocycles. The number of aromatic nitrogens is 1. The second kappa shape index (κ2) is 6.78. The number of hydrogen-bond donors (Lipinski definition) is 1. The van der Waals surface area contributed by atoms with Gasteiger partial charge in [-0.3, -0.25) is 14.6 Å². The molecular weight excluding hydrogens is 321 g/mol. The number of pyridine rings is 1. The Morgan fingerprint density at radius 3 is 2.76 bits per heavy atom. The predicted molar refractivity (Wildman–Crippen MR) is 93.6 cm³/mol. The van der Waals surface area contributed by atoms with E-state index in [-0.39, 0.29) is 23.6 Å². The molecule has 0 saturated carbocycles. The van der Waals surface area contributed by atoms with Gasteiger partial charge in [0.25, 0.3) is 5.91 Å². The van der Waals surface area contributed by atoms with Crippen LogP contribution in [0.5, 0.6) is 0 Å². The second-order valence-electron chi connectivity index (χ2n) is 6.90. The van der Waals surface area contributed by atoms with Gasteiger partial charge in [0.1, 0.15) is 5.82 Å². The fourth-order valence-electron chi connectivity index (χ4n) is 3.44. The van der Waals surface area contributed by atoms with E-state index in [1.54, 1.807) is 12.1 Å². The van der Waals surface area contributed by atoms with Crippen LogP contribution in [0, 0.1) is 11.7 Å². The molecule has 1 aliphatic rings. The number of carbonyl (C=O) groups excluding carboxylic acids is 2. The van der Waals surface area contributed by atoms with E-state index < -0.39 is 5.91 Å². The van der Waals surface area contributed by atoms with E-state index >= 15 is 0 Å². The van der Waals surface area contributed by atoms with Crippen molar-refractivity contribution in [3.05, 3.63) is 41.3 Å². The molecule has 1 aliphatic heterocycles. The van der Waals surface area contributed by atoms with Crippen molar-refractivity contribution in [1.29, 1.82) is 0 Å². The molecule has 1 aromatic heterocycles. The number of halogens is 1. The molecule has 25 heavy (non-hydrogen) atoms. The van der Waals surface area contributed by atoms with Crippen molar-refractivity contribution in [2.45, 2.75) is 32.6 Å². The fraction of sp³-hybridized carbons (Fsp3) is 0.421. The lowest BCUT2D eigenvalue weighted by Gasteiger charge is -2.34. The Morgan fingerprint density at radius 1 is 1.32 bits per heavy atom. The Bertz CT molecular complexity index is 835. The minimum atomic E-state index is -0.582. The van der Waals surface area contributed by atoms with Crippen molar-refractivity contribution in [3.8, 4) is 0 Å². The molecule has 2 aromatic rings. The van der Waals surface area contributed by atoms with E-state index in [0.717, 1.165) is 19.4 Å². The number of primary amides is 1. The van der Waals surface area contributed by atoms with Gasteiger partial charge in [-0.05, 0) is 37.1 Å². The van der Waals surface area contributed by atoms with Crippen LogP contribution in [-0.4, -0.2) is 34.8 Å². The van der Waals surface area contributed by atoms with Gasteiger partial charge >= 0.3 is 0 Å². The van der Waals surface area contributed by atoms with Crippen molar-refractivity contribution in [2.75, 3.05) is 13.1 Å². The van der Waals surface area contributed by atoms with Gasteiger partial charge in [0.2, 0.25) is 5.91 Å². The van der Waals surface area contributed by atoms with E-state index in [2.05, 4.69) is 4.98 Å². The average Bonchev–Trinajstić information content (AvgIpc) is 2.59. The first-order valence-corrected chi connectivity index (χ1v) is 8.55. The summed E-state index contributed by atoms with van der Waals surface area (Å²) in [6.45, 7) is 5.00. The van der Waals surface area contributed by atoms with Crippen molar-refractivity contribution in [3.63, 3.8) is 0 Å². The molecule has 6 heteroatoms. The third-order valence-electron chi connectivity index (χ3n) is 4.69. The highest BCUT2D eigenvalue weighted by molar-refractivity contribution is 5.97. The predicted octanol–water partition coefficient (Wildman–Crippen LogP) is 2.83.